The van der Waals surface area contributed by atoms with E-state index in [0.29, 0.717) is 5.56 Å². The molecule has 0 heterocycles. The van der Waals surface area contributed by atoms with Crippen LogP contribution >= 0.6 is 0 Å². The molecule has 0 aliphatic carbocycles. The van der Waals surface area contributed by atoms with Gasteiger partial charge in [-0.2, -0.15) is 0 Å². The van der Waals surface area contributed by atoms with E-state index in [1.165, 1.54) is 0 Å². The number of benzene rings is 2. The average molecular weight is 627 g/mol. The molecule has 14 heteroatoms. The maximum atomic E-state index is 13.5. The number of primary amides is 1. The molecular weight excluding hydrogens is 584 g/mol. The van der Waals surface area contributed by atoms with Gasteiger partial charge >= 0.3 is 5.97 Å². The third kappa shape index (κ3) is 12.5. The molecule has 244 valence electrons. The number of ether oxygens (including phenoxy) is 1. The largest absolute Gasteiger partial charge is 0.460 e. The van der Waals surface area contributed by atoms with Crippen LogP contribution in [0.15, 0.2) is 60.7 Å². The second-order valence-electron chi connectivity index (χ2n) is 10.9. The van der Waals surface area contributed by atoms with Crippen molar-refractivity contribution in [3.63, 3.8) is 0 Å². The lowest BCUT2D eigenvalue weighted by Crippen LogP contribution is -2.59. The van der Waals surface area contributed by atoms with Crippen LogP contribution in [0.25, 0.3) is 0 Å². The van der Waals surface area contributed by atoms with Crippen LogP contribution in [0.3, 0.4) is 0 Å². The maximum absolute atomic E-state index is 13.5. The van der Waals surface area contributed by atoms with Crippen molar-refractivity contribution in [2.75, 3.05) is 6.61 Å². The molecule has 4 amide bonds. The van der Waals surface area contributed by atoms with Gasteiger partial charge in [0.1, 0.15) is 30.8 Å². The third-order valence-electron chi connectivity index (χ3n) is 6.75. The third-order valence-corrected chi connectivity index (χ3v) is 6.75. The molecule has 0 spiro atoms. The molecule has 45 heavy (non-hydrogen) atoms. The van der Waals surface area contributed by atoms with Gasteiger partial charge in [0.05, 0.1) is 19.1 Å². The predicted molar refractivity (Wildman–Crippen MR) is 163 cm³/mol. The summed E-state index contributed by atoms with van der Waals surface area (Å²) < 4.78 is 5.25. The SMILES string of the molecule is CC(C)[C@H](NC(=O)[C@H](CC(N)=O)NC(=O)[C@@H](N)CO)C(=O)N[C@@H](Cc1ccccc1)C(=O)C[C@H](N)C(=O)OCc1ccccc1. The lowest BCUT2D eigenvalue weighted by Gasteiger charge is -2.27. The number of hydrogen-bond acceptors (Lipinski definition) is 10. The minimum Gasteiger partial charge on any atom is -0.460 e. The van der Waals surface area contributed by atoms with E-state index in [1.54, 1.807) is 68.4 Å². The van der Waals surface area contributed by atoms with Crippen LogP contribution in [0.2, 0.25) is 0 Å². The quantitative estimate of drug-likeness (QED) is 0.0950. The van der Waals surface area contributed by atoms with Crippen LogP contribution in [0.1, 0.15) is 37.8 Å². The summed E-state index contributed by atoms with van der Waals surface area (Å²) in [4.78, 5) is 76.3. The van der Waals surface area contributed by atoms with Gasteiger partial charge in [0.2, 0.25) is 23.6 Å². The Morgan fingerprint density at radius 1 is 0.733 bits per heavy atom. The number of carbonyl (C=O) groups is 6. The molecule has 0 aromatic heterocycles. The highest BCUT2D eigenvalue weighted by atomic mass is 16.5. The molecule has 0 aliphatic heterocycles. The highest BCUT2D eigenvalue weighted by Gasteiger charge is 2.33. The van der Waals surface area contributed by atoms with Crippen molar-refractivity contribution in [2.45, 2.75) is 69.9 Å². The number of amides is 4. The first-order valence-electron chi connectivity index (χ1n) is 14.4. The molecule has 5 atom stereocenters. The predicted octanol–water partition coefficient (Wildman–Crippen LogP) is -1.44. The first kappa shape index (κ1) is 36.5. The molecule has 14 nitrogen and oxygen atoms in total. The van der Waals surface area contributed by atoms with E-state index in [4.69, 9.17) is 27.0 Å². The molecule has 0 saturated heterocycles. The van der Waals surface area contributed by atoms with Gasteiger partial charge in [-0.3, -0.25) is 28.8 Å². The number of aliphatic hydroxyl groups excluding tert-OH is 1. The monoisotopic (exact) mass is 626 g/mol. The normalized spacial score (nSPS) is 14.3. The number of esters is 1. The van der Waals surface area contributed by atoms with Crippen molar-refractivity contribution in [3.8, 4) is 0 Å². The van der Waals surface area contributed by atoms with Gasteiger partial charge in [0, 0.05) is 6.42 Å². The van der Waals surface area contributed by atoms with E-state index in [9.17, 15) is 28.8 Å². The molecular formula is C31H42N6O8. The van der Waals surface area contributed by atoms with E-state index in [1.807, 2.05) is 6.07 Å². The number of hydrogen-bond donors (Lipinski definition) is 7. The van der Waals surface area contributed by atoms with E-state index >= 15 is 0 Å². The van der Waals surface area contributed by atoms with Crippen LogP contribution < -0.4 is 33.2 Å². The molecule has 2 rings (SSSR count). The van der Waals surface area contributed by atoms with E-state index in [0.717, 1.165) is 5.56 Å². The first-order valence-corrected chi connectivity index (χ1v) is 14.4. The van der Waals surface area contributed by atoms with Gasteiger partial charge in [0.25, 0.3) is 0 Å². The summed E-state index contributed by atoms with van der Waals surface area (Å²) in [7, 11) is 0. The highest BCUT2D eigenvalue weighted by molar-refractivity contribution is 5.97. The van der Waals surface area contributed by atoms with E-state index < -0.39 is 91.0 Å². The molecule has 0 unspecified atom stereocenters. The van der Waals surface area contributed by atoms with Crippen LogP contribution in [0, 0.1) is 5.92 Å². The highest BCUT2D eigenvalue weighted by Crippen LogP contribution is 2.11. The van der Waals surface area contributed by atoms with Crippen molar-refractivity contribution in [2.24, 2.45) is 23.1 Å². The number of nitrogens with two attached hydrogens (primary N) is 3. The lowest BCUT2D eigenvalue weighted by molar-refractivity contribution is -0.148. The van der Waals surface area contributed by atoms with Crippen molar-refractivity contribution < 1.29 is 38.6 Å². The van der Waals surface area contributed by atoms with Crippen LogP contribution in [-0.4, -0.2) is 77.3 Å². The van der Waals surface area contributed by atoms with Gasteiger partial charge in [-0.15, -0.1) is 0 Å². The molecule has 0 saturated carbocycles. The minimum atomic E-state index is -1.48. The Morgan fingerprint density at radius 3 is 1.82 bits per heavy atom. The fourth-order valence-corrected chi connectivity index (χ4v) is 4.20. The van der Waals surface area contributed by atoms with Gasteiger partial charge in [-0.05, 0) is 23.5 Å². The van der Waals surface area contributed by atoms with Crippen LogP contribution in [0.5, 0.6) is 0 Å². The Kier molecular flexibility index (Phi) is 14.8. The lowest BCUT2D eigenvalue weighted by atomic mass is 9.96. The maximum Gasteiger partial charge on any atom is 0.323 e. The summed E-state index contributed by atoms with van der Waals surface area (Å²) in [5.41, 5.74) is 18.2. The number of rotatable bonds is 18. The summed E-state index contributed by atoms with van der Waals surface area (Å²) >= 11 is 0. The second kappa shape index (κ2) is 18.2. The fraction of sp³-hybridized carbons (Fsp3) is 0.419. The Hall–Kier alpha value is -4.66. The summed E-state index contributed by atoms with van der Waals surface area (Å²) in [5, 5.41) is 16.5. The van der Waals surface area contributed by atoms with Gasteiger partial charge in [-0.25, -0.2) is 0 Å². The molecule has 0 fully saturated rings. The average Bonchev–Trinajstić information content (AvgIpc) is 3.01. The zero-order valence-corrected chi connectivity index (χ0v) is 25.3. The molecule has 2 aromatic carbocycles. The number of nitrogens with one attached hydrogen (secondary N) is 3. The van der Waals surface area contributed by atoms with Crippen molar-refractivity contribution in [3.05, 3.63) is 71.8 Å². The summed E-state index contributed by atoms with van der Waals surface area (Å²) in [5.74, 6) is -5.29. The minimum absolute atomic E-state index is 0.0232. The zero-order valence-electron chi connectivity index (χ0n) is 25.3. The van der Waals surface area contributed by atoms with E-state index in [-0.39, 0.29) is 13.0 Å². The molecule has 0 aliphatic rings. The van der Waals surface area contributed by atoms with Crippen molar-refractivity contribution >= 4 is 35.4 Å². The number of Topliss-reactive ketones (excluding diaryl/α,β-unsaturated/α-hetero) is 1. The summed E-state index contributed by atoms with van der Waals surface area (Å²) in [6.07, 6.45) is -0.965. The van der Waals surface area contributed by atoms with Gasteiger partial charge in [-0.1, -0.05) is 74.5 Å². The molecule has 0 bridgehead atoms. The second-order valence-corrected chi connectivity index (χ2v) is 10.9. The van der Waals surface area contributed by atoms with Gasteiger partial charge < -0.3 is 43.0 Å². The topological polar surface area (TPSA) is 246 Å². The number of aliphatic hydroxyl groups is 1. The zero-order chi connectivity index (χ0) is 33.5. The molecule has 0 radical (unpaired) electrons. The Labute approximate surface area is 261 Å². The van der Waals surface area contributed by atoms with Crippen molar-refractivity contribution in [1.82, 2.24) is 16.0 Å². The molecule has 2 aromatic rings. The standard InChI is InChI=1S/C31H42N6O8/c1-18(2)27(37-29(42)24(15-26(34)40)36-28(41)22(33)16-38)30(43)35-23(13-19-9-5-3-6-10-19)25(39)14-21(32)31(44)45-17-20-11-7-4-8-12-20/h3-12,18,21-24,27,38H,13-17,32-33H2,1-2H3,(H2,34,40)(H,35,43)(H,36,41)(H,37,42)/t21-,22-,23-,24-,27-/m0/s1. The smallest absolute Gasteiger partial charge is 0.323 e. The Bertz CT molecular complexity index is 1310. The summed E-state index contributed by atoms with van der Waals surface area (Å²) in [6, 6.07) is 11.3. The number of ketones is 1. The number of carbonyl (C=O) groups excluding carboxylic acids is 6. The van der Waals surface area contributed by atoms with Crippen LogP contribution in [0.4, 0.5) is 0 Å². The van der Waals surface area contributed by atoms with Gasteiger partial charge in [0.15, 0.2) is 5.78 Å². The molecule has 10 N–H and O–H groups in total. The fourth-order valence-electron chi connectivity index (χ4n) is 4.20. The van der Waals surface area contributed by atoms with Crippen LogP contribution in [-0.2, 0) is 46.5 Å². The Morgan fingerprint density at radius 2 is 1.29 bits per heavy atom. The summed E-state index contributed by atoms with van der Waals surface area (Å²) in [6.45, 7) is 2.55. The first-order chi connectivity index (χ1) is 21.3. The Balaban J connectivity index is 2.18. The van der Waals surface area contributed by atoms with Crippen molar-refractivity contribution in [1.29, 1.82) is 0 Å². The van der Waals surface area contributed by atoms with E-state index in [2.05, 4.69) is 16.0 Å².